The van der Waals surface area contributed by atoms with Crippen molar-refractivity contribution in [3.05, 3.63) is 29.8 Å². The fourth-order valence-electron chi connectivity index (χ4n) is 3.17. The minimum atomic E-state index is -0.0292. The molecule has 0 aromatic heterocycles. The second kappa shape index (κ2) is 12.6. The van der Waals surface area contributed by atoms with Gasteiger partial charge in [0, 0.05) is 38.3 Å². The Labute approximate surface area is 168 Å². The van der Waals surface area contributed by atoms with E-state index in [9.17, 15) is 5.11 Å². The van der Waals surface area contributed by atoms with E-state index in [-0.39, 0.29) is 12.0 Å². The Morgan fingerprint density at radius 2 is 2.11 bits per heavy atom. The first-order valence-corrected chi connectivity index (χ1v) is 10.1. The van der Waals surface area contributed by atoms with Crippen LogP contribution in [0.4, 0.5) is 0 Å². The molecule has 1 atom stereocenters. The Balaban J connectivity index is 1.67. The summed E-state index contributed by atoms with van der Waals surface area (Å²) in [6.45, 7) is 7.20. The molecule has 0 aliphatic carbocycles. The summed E-state index contributed by atoms with van der Waals surface area (Å²) in [6, 6.07) is 7.92. The van der Waals surface area contributed by atoms with Crippen LogP contribution in [0.2, 0.25) is 0 Å². The summed E-state index contributed by atoms with van der Waals surface area (Å²) in [5.41, 5.74) is 1.11. The topological polar surface area (TPSA) is 84.3 Å². The van der Waals surface area contributed by atoms with Crippen LogP contribution in [0.15, 0.2) is 29.3 Å². The molecule has 1 aromatic carbocycles. The number of guanidine groups is 1. The van der Waals surface area contributed by atoms with Crippen molar-refractivity contribution >= 4 is 5.96 Å². The third kappa shape index (κ3) is 7.66. The van der Waals surface area contributed by atoms with Gasteiger partial charge in [-0.1, -0.05) is 12.1 Å². The average Bonchev–Trinajstić information content (AvgIpc) is 3.18. The molecule has 0 amide bonds. The molecule has 1 heterocycles. The third-order valence-corrected chi connectivity index (χ3v) is 4.93. The summed E-state index contributed by atoms with van der Waals surface area (Å²) in [7, 11) is 1.66. The van der Waals surface area contributed by atoms with Crippen molar-refractivity contribution in [2.24, 2.45) is 10.4 Å². The molecule has 2 rings (SSSR count). The van der Waals surface area contributed by atoms with E-state index >= 15 is 0 Å². The van der Waals surface area contributed by atoms with Gasteiger partial charge in [0.1, 0.15) is 5.75 Å². The van der Waals surface area contributed by atoms with Gasteiger partial charge in [0.05, 0.1) is 26.9 Å². The molecule has 3 N–H and O–H groups in total. The van der Waals surface area contributed by atoms with Gasteiger partial charge in [0.15, 0.2) is 5.96 Å². The summed E-state index contributed by atoms with van der Waals surface area (Å²) in [5, 5.41) is 16.0. The summed E-state index contributed by atoms with van der Waals surface area (Å²) in [4.78, 5) is 4.72. The standard InChI is InChI=1S/C21H35N3O4/c1-3-22-20(24-16-21(9-12-25)10-14-28-17-21)23-11-4-13-27-15-18-5-7-19(26-2)8-6-18/h5-8,25H,3-4,9-17H2,1-2H3,(H2,22,23,24). The van der Waals surface area contributed by atoms with E-state index in [0.29, 0.717) is 26.4 Å². The number of nitrogens with one attached hydrogen (secondary N) is 2. The first kappa shape index (κ1) is 22.5. The predicted octanol–water partition coefficient (Wildman–Crippen LogP) is 1.95. The molecule has 1 aliphatic rings. The number of aliphatic hydroxyl groups excluding tert-OH is 1. The summed E-state index contributed by atoms with van der Waals surface area (Å²) in [5.74, 6) is 1.66. The lowest BCUT2D eigenvalue weighted by Gasteiger charge is -2.24. The highest BCUT2D eigenvalue weighted by atomic mass is 16.5. The van der Waals surface area contributed by atoms with E-state index in [1.54, 1.807) is 7.11 Å². The second-order valence-corrected chi connectivity index (χ2v) is 7.15. The molecular weight excluding hydrogens is 358 g/mol. The fourth-order valence-corrected chi connectivity index (χ4v) is 3.17. The first-order valence-electron chi connectivity index (χ1n) is 10.1. The normalized spacial score (nSPS) is 19.6. The molecule has 0 spiro atoms. The number of ether oxygens (including phenoxy) is 3. The molecular formula is C21H35N3O4. The molecule has 0 bridgehead atoms. The largest absolute Gasteiger partial charge is 0.497 e. The van der Waals surface area contributed by atoms with Gasteiger partial charge in [-0.25, -0.2) is 0 Å². The maximum absolute atomic E-state index is 9.34. The Kier molecular flexibility index (Phi) is 10.1. The van der Waals surface area contributed by atoms with Gasteiger partial charge in [-0.2, -0.15) is 0 Å². The van der Waals surface area contributed by atoms with Gasteiger partial charge >= 0.3 is 0 Å². The zero-order valence-electron chi connectivity index (χ0n) is 17.2. The number of aliphatic hydroxyl groups is 1. The van der Waals surface area contributed by atoms with Crippen LogP contribution in [-0.2, 0) is 16.1 Å². The first-order chi connectivity index (χ1) is 13.7. The minimum Gasteiger partial charge on any atom is -0.497 e. The van der Waals surface area contributed by atoms with E-state index in [1.807, 2.05) is 24.3 Å². The molecule has 0 saturated carbocycles. The number of methoxy groups -OCH3 is 1. The molecule has 7 nitrogen and oxygen atoms in total. The summed E-state index contributed by atoms with van der Waals surface area (Å²) in [6.07, 6.45) is 2.58. The van der Waals surface area contributed by atoms with Crippen LogP contribution in [0.5, 0.6) is 5.75 Å². The monoisotopic (exact) mass is 393 g/mol. The minimum absolute atomic E-state index is 0.0292. The molecule has 1 fully saturated rings. The van der Waals surface area contributed by atoms with Crippen molar-refractivity contribution in [1.82, 2.24) is 10.6 Å². The zero-order valence-corrected chi connectivity index (χ0v) is 17.2. The van der Waals surface area contributed by atoms with Crippen molar-refractivity contribution in [3.8, 4) is 5.75 Å². The van der Waals surface area contributed by atoms with Crippen LogP contribution < -0.4 is 15.4 Å². The quantitative estimate of drug-likeness (QED) is 0.286. The van der Waals surface area contributed by atoms with Crippen molar-refractivity contribution in [2.45, 2.75) is 32.8 Å². The van der Waals surface area contributed by atoms with Crippen molar-refractivity contribution in [3.63, 3.8) is 0 Å². The van der Waals surface area contributed by atoms with E-state index in [1.165, 1.54) is 0 Å². The summed E-state index contributed by atoms with van der Waals surface area (Å²) >= 11 is 0. The lowest BCUT2D eigenvalue weighted by molar-refractivity contribution is 0.119. The number of rotatable bonds is 12. The number of nitrogens with zero attached hydrogens (tertiary/aromatic N) is 1. The third-order valence-electron chi connectivity index (χ3n) is 4.93. The van der Waals surface area contributed by atoms with Crippen LogP contribution in [0.25, 0.3) is 0 Å². The van der Waals surface area contributed by atoms with E-state index in [0.717, 1.165) is 56.2 Å². The molecule has 158 valence electrons. The molecule has 7 heteroatoms. The summed E-state index contributed by atoms with van der Waals surface area (Å²) < 4.78 is 16.4. The highest BCUT2D eigenvalue weighted by Crippen LogP contribution is 2.32. The van der Waals surface area contributed by atoms with Crippen molar-refractivity contribution in [1.29, 1.82) is 0 Å². The SMILES string of the molecule is CCNC(=NCC1(CCO)CCOC1)NCCCOCc1ccc(OC)cc1. The van der Waals surface area contributed by atoms with Gasteiger partial charge in [-0.15, -0.1) is 0 Å². The molecule has 0 radical (unpaired) electrons. The molecule has 1 aliphatic heterocycles. The zero-order chi connectivity index (χ0) is 20.1. The number of aliphatic imine (C=N–C) groups is 1. The van der Waals surface area contributed by atoms with Crippen molar-refractivity contribution in [2.75, 3.05) is 53.2 Å². The van der Waals surface area contributed by atoms with Crippen LogP contribution in [0, 0.1) is 5.41 Å². The Bertz CT molecular complexity index is 572. The van der Waals surface area contributed by atoms with Crippen LogP contribution in [0.1, 0.15) is 31.7 Å². The maximum atomic E-state index is 9.34. The van der Waals surface area contributed by atoms with Crippen LogP contribution in [-0.4, -0.2) is 64.2 Å². The van der Waals surface area contributed by atoms with Crippen LogP contribution in [0.3, 0.4) is 0 Å². The van der Waals surface area contributed by atoms with Gasteiger partial charge in [0.25, 0.3) is 0 Å². The Hall–Kier alpha value is -1.83. The number of benzene rings is 1. The smallest absolute Gasteiger partial charge is 0.191 e. The van der Waals surface area contributed by atoms with E-state index in [4.69, 9.17) is 19.2 Å². The lowest BCUT2D eigenvalue weighted by Crippen LogP contribution is -2.39. The fraction of sp³-hybridized carbons (Fsp3) is 0.667. The lowest BCUT2D eigenvalue weighted by atomic mass is 9.84. The number of hydrogen-bond donors (Lipinski definition) is 3. The van der Waals surface area contributed by atoms with Gasteiger partial charge in [-0.05, 0) is 43.9 Å². The highest BCUT2D eigenvalue weighted by Gasteiger charge is 2.34. The molecule has 1 saturated heterocycles. The molecule has 28 heavy (non-hydrogen) atoms. The van der Waals surface area contributed by atoms with Gasteiger partial charge in [-0.3, -0.25) is 4.99 Å². The second-order valence-electron chi connectivity index (χ2n) is 7.15. The Morgan fingerprint density at radius 1 is 1.29 bits per heavy atom. The van der Waals surface area contributed by atoms with Crippen molar-refractivity contribution < 1.29 is 19.3 Å². The Morgan fingerprint density at radius 3 is 2.75 bits per heavy atom. The maximum Gasteiger partial charge on any atom is 0.191 e. The number of hydrogen-bond acceptors (Lipinski definition) is 5. The van der Waals surface area contributed by atoms with E-state index < -0.39 is 0 Å². The van der Waals surface area contributed by atoms with Gasteiger partial charge < -0.3 is 30.0 Å². The average molecular weight is 394 g/mol. The predicted molar refractivity (Wildman–Crippen MR) is 111 cm³/mol. The van der Waals surface area contributed by atoms with Gasteiger partial charge in [0.2, 0.25) is 0 Å². The molecule has 1 aromatic rings. The van der Waals surface area contributed by atoms with Crippen LogP contribution >= 0.6 is 0 Å². The molecule has 1 unspecified atom stereocenters. The highest BCUT2D eigenvalue weighted by molar-refractivity contribution is 5.79. The van der Waals surface area contributed by atoms with E-state index in [2.05, 4.69) is 17.6 Å².